The van der Waals surface area contributed by atoms with Crippen molar-refractivity contribution in [1.29, 1.82) is 0 Å². The van der Waals surface area contributed by atoms with E-state index < -0.39 is 11.6 Å². The van der Waals surface area contributed by atoms with Crippen molar-refractivity contribution in [2.75, 3.05) is 0 Å². The van der Waals surface area contributed by atoms with Gasteiger partial charge in [0, 0.05) is 11.5 Å². The Morgan fingerprint density at radius 3 is 2.61 bits per heavy atom. The van der Waals surface area contributed by atoms with Crippen LogP contribution in [-0.2, 0) is 11.2 Å². The second-order valence-corrected chi connectivity index (χ2v) is 4.20. The van der Waals surface area contributed by atoms with Crippen LogP contribution in [0.1, 0.15) is 16.7 Å². The van der Waals surface area contributed by atoms with Gasteiger partial charge in [0.2, 0.25) is 0 Å². The highest BCUT2D eigenvalue weighted by Crippen LogP contribution is 2.26. The van der Waals surface area contributed by atoms with E-state index in [4.69, 9.17) is 9.52 Å². The highest BCUT2D eigenvalue weighted by Gasteiger charge is 2.15. The number of carbonyl (C=O) groups is 1. The molecule has 5 heteroatoms. The minimum absolute atomic E-state index is 0.0380. The van der Waals surface area contributed by atoms with Gasteiger partial charge in [-0.15, -0.1) is 0 Å². The van der Waals surface area contributed by atoms with E-state index >= 15 is 0 Å². The predicted molar refractivity (Wildman–Crippen MR) is 65.0 cm³/mol. The molecule has 0 atom stereocenters. The number of hydrogen-bond donors (Lipinski definition) is 2. The lowest BCUT2D eigenvalue weighted by Crippen LogP contribution is -2.14. The molecule has 0 bridgehead atoms. The first-order chi connectivity index (χ1) is 8.40. The summed E-state index contributed by atoms with van der Waals surface area (Å²) in [7, 11) is 0. The molecule has 0 saturated heterocycles. The SMILES string of the molecule is Cc1cc2c(C)c(CC(=O)O)c(=O)oc2cc1O. The molecule has 0 amide bonds. The summed E-state index contributed by atoms with van der Waals surface area (Å²) in [5.74, 6) is -1.05. The number of carboxylic acids is 1. The van der Waals surface area contributed by atoms with Crippen molar-refractivity contribution in [1.82, 2.24) is 0 Å². The Morgan fingerprint density at radius 2 is 2.00 bits per heavy atom. The molecule has 0 aliphatic carbocycles. The number of phenolic OH excluding ortho intramolecular Hbond substituents is 1. The van der Waals surface area contributed by atoms with E-state index in [9.17, 15) is 14.7 Å². The summed E-state index contributed by atoms with van der Waals surface area (Å²) in [5.41, 5.74) is 0.938. The first kappa shape index (κ1) is 12.2. The van der Waals surface area contributed by atoms with Gasteiger partial charge in [0.05, 0.1) is 12.0 Å². The molecule has 0 aliphatic rings. The van der Waals surface area contributed by atoms with Crippen molar-refractivity contribution in [3.63, 3.8) is 0 Å². The predicted octanol–water partition coefficient (Wildman–Crippen LogP) is 1.74. The fourth-order valence-corrected chi connectivity index (χ4v) is 1.89. The van der Waals surface area contributed by atoms with Crippen LogP contribution >= 0.6 is 0 Å². The lowest BCUT2D eigenvalue weighted by atomic mass is 10.0. The lowest BCUT2D eigenvalue weighted by Gasteiger charge is -2.07. The Bertz CT molecular complexity index is 697. The summed E-state index contributed by atoms with van der Waals surface area (Å²) in [5, 5.41) is 19.0. The van der Waals surface area contributed by atoms with Gasteiger partial charge in [0.1, 0.15) is 11.3 Å². The third kappa shape index (κ3) is 1.95. The van der Waals surface area contributed by atoms with Gasteiger partial charge in [-0.1, -0.05) is 0 Å². The van der Waals surface area contributed by atoms with Crippen molar-refractivity contribution in [2.45, 2.75) is 20.3 Å². The summed E-state index contributed by atoms with van der Waals surface area (Å²) >= 11 is 0. The summed E-state index contributed by atoms with van der Waals surface area (Å²) in [6, 6.07) is 3.04. The van der Waals surface area contributed by atoms with E-state index in [2.05, 4.69) is 0 Å². The molecule has 2 aromatic rings. The molecule has 2 N–H and O–H groups in total. The van der Waals surface area contributed by atoms with Gasteiger partial charge in [-0.3, -0.25) is 4.79 Å². The molecule has 18 heavy (non-hydrogen) atoms. The molecule has 0 spiro atoms. The van der Waals surface area contributed by atoms with Gasteiger partial charge in [0.15, 0.2) is 0 Å². The van der Waals surface area contributed by atoms with Crippen LogP contribution in [0, 0.1) is 13.8 Å². The first-order valence-corrected chi connectivity index (χ1v) is 5.38. The number of aliphatic carboxylic acids is 1. The highest BCUT2D eigenvalue weighted by molar-refractivity contribution is 5.84. The molecule has 0 aliphatic heterocycles. The minimum atomic E-state index is -1.08. The van der Waals surface area contributed by atoms with Crippen molar-refractivity contribution >= 4 is 16.9 Å². The zero-order valence-corrected chi connectivity index (χ0v) is 9.98. The normalized spacial score (nSPS) is 10.8. The average Bonchev–Trinajstić information content (AvgIpc) is 2.27. The van der Waals surface area contributed by atoms with Crippen LogP contribution < -0.4 is 5.63 Å². The van der Waals surface area contributed by atoms with Gasteiger partial charge < -0.3 is 14.6 Å². The third-order valence-electron chi connectivity index (χ3n) is 2.93. The molecule has 5 nitrogen and oxygen atoms in total. The molecule has 0 unspecified atom stereocenters. The molecule has 0 fully saturated rings. The second-order valence-electron chi connectivity index (χ2n) is 4.20. The number of phenols is 1. The molecule has 1 aromatic carbocycles. The summed E-state index contributed by atoms with van der Waals surface area (Å²) in [6.45, 7) is 3.39. The fraction of sp³-hybridized carbons (Fsp3) is 0.231. The standard InChI is InChI=1S/C13H12O5/c1-6-3-8-7(2)9(4-12(15)16)13(17)18-11(8)5-10(6)14/h3,5,14H,4H2,1-2H3,(H,15,16). The molecule has 0 saturated carbocycles. The quantitative estimate of drug-likeness (QED) is 0.790. The largest absolute Gasteiger partial charge is 0.508 e. The molecule has 2 rings (SSSR count). The Labute approximate surface area is 102 Å². The summed E-state index contributed by atoms with van der Waals surface area (Å²) < 4.78 is 5.03. The number of fused-ring (bicyclic) bond motifs is 1. The average molecular weight is 248 g/mol. The van der Waals surface area contributed by atoms with Gasteiger partial charge >= 0.3 is 11.6 Å². The fourth-order valence-electron chi connectivity index (χ4n) is 1.89. The van der Waals surface area contributed by atoms with Crippen LogP contribution in [0.25, 0.3) is 11.0 Å². The van der Waals surface area contributed by atoms with Gasteiger partial charge in [-0.05, 0) is 31.0 Å². The number of aryl methyl sites for hydroxylation is 2. The highest BCUT2D eigenvalue weighted by atomic mass is 16.4. The van der Waals surface area contributed by atoms with E-state index in [1.165, 1.54) is 6.07 Å². The van der Waals surface area contributed by atoms with Crippen LogP contribution in [0.15, 0.2) is 21.3 Å². The Morgan fingerprint density at radius 1 is 1.33 bits per heavy atom. The topological polar surface area (TPSA) is 87.7 Å². The second kappa shape index (κ2) is 4.18. The van der Waals surface area contributed by atoms with Crippen molar-refractivity contribution in [3.05, 3.63) is 39.2 Å². The third-order valence-corrected chi connectivity index (χ3v) is 2.93. The van der Waals surface area contributed by atoms with Crippen LogP contribution in [0.5, 0.6) is 5.75 Å². The van der Waals surface area contributed by atoms with Crippen molar-refractivity contribution in [2.24, 2.45) is 0 Å². The molecule has 1 heterocycles. The van der Waals surface area contributed by atoms with E-state index in [1.54, 1.807) is 19.9 Å². The van der Waals surface area contributed by atoms with Gasteiger partial charge in [-0.2, -0.15) is 0 Å². The van der Waals surface area contributed by atoms with Gasteiger partial charge in [0.25, 0.3) is 0 Å². The number of hydrogen-bond acceptors (Lipinski definition) is 4. The monoisotopic (exact) mass is 248 g/mol. The minimum Gasteiger partial charge on any atom is -0.508 e. The zero-order chi connectivity index (χ0) is 13.4. The van der Waals surface area contributed by atoms with E-state index in [0.717, 1.165) is 0 Å². The lowest BCUT2D eigenvalue weighted by molar-refractivity contribution is -0.136. The molecule has 0 radical (unpaired) electrons. The van der Waals surface area contributed by atoms with Crippen molar-refractivity contribution < 1.29 is 19.4 Å². The Hall–Kier alpha value is -2.30. The number of benzene rings is 1. The maximum Gasteiger partial charge on any atom is 0.340 e. The van der Waals surface area contributed by atoms with Crippen LogP contribution in [0.2, 0.25) is 0 Å². The Kier molecular flexibility index (Phi) is 2.82. The maximum absolute atomic E-state index is 11.7. The number of carboxylic acid groups (broad SMARTS) is 1. The molecule has 94 valence electrons. The summed E-state index contributed by atoms with van der Waals surface area (Å²) in [4.78, 5) is 22.4. The van der Waals surface area contributed by atoms with Crippen LogP contribution in [-0.4, -0.2) is 16.2 Å². The maximum atomic E-state index is 11.7. The molecular weight excluding hydrogens is 236 g/mol. The summed E-state index contributed by atoms with van der Waals surface area (Å²) in [6.07, 6.45) is -0.371. The zero-order valence-electron chi connectivity index (χ0n) is 9.98. The molecular formula is C13H12O5. The van der Waals surface area contributed by atoms with E-state index in [0.29, 0.717) is 16.5 Å². The number of aromatic hydroxyl groups is 1. The van der Waals surface area contributed by atoms with E-state index in [-0.39, 0.29) is 23.3 Å². The number of rotatable bonds is 2. The van der Waals surface area contributed by atoms with Gasteiger partial charge in [-0.25, -0.2) is 4.79 Å². The van der Waals surface area contributed by atoms with E-state index in [1.807, 2.05) is 0 Å². The Balaban J connectivity index is 2.80. The smallest absolute Gasteiger partial charge is 0.340 e. The molecule has 1 aromatic heterocycles. The van der Waals surface area contributed by atoms with Crippen LogP contribution in [0.3, 0.4) is 0 Å². The first-order valence-electron chi connectivity index (χ1n) is 5.38. The van der Waals surface area contributed by atoms with Crippen molar-refractivity contribution in [3.8, 4) is 5.75 Å². The van der Waals surface area contributed by atoms with Crippen LogP contribution in [0.4, 0.5) is 0 Å².